The van der Waals surface area contributed by atoms with Crippen LogP contribution in [0.15, 0.2) is 41.2 Å². The van der Waals surface area contributed by atoms with Crippen LogP contribution in [0.25, 0.3) is 11.3 Å². The Morgan fingerprint density at radius 1 is 1.31 bits per heavy atom. The van der Waals surface area contributed by atoms with Crippen LogP contribution >= 0.6 is 0 Å². The van der Waals surface area contributed by atoms with E-state index in [1.807, 2.05) is 30.3 Å². The van der Waals surface area contributed by atoms with E-state index in [9.17, 15) is 4.79 Å². The van der Waals surface area contributed by atoms with Crippen molar-refractivity contribution in [2.24, 2.45) is 5.73 Å². The molecule has 0 aliphatic heterocycles. The molecular weight excluding hydrogens is 204 g/mol. The Morgan fingerprint density at radius 2 is 2.00 bits per heavy atom. The van der Waals surface area contributed by atoms with E-state index in [0.717, 1.165) is 5.56 Å². The molecular formula is C11H10N4O. The lowest BCUT2D eigenvalue weighted by molar-refractivity contribution is 0.988. The lowest BCUT2D eigenvalue weighted by atomic mass is 10.1. The van der Waals surface area contributed by atoms with Crippen LogP contribution in [-0.4, -0.2) is 16.0 Å². The summed E-state index contributed by atoms with van der Waals surface area (Å²) in [6, 6.07) is 10.9. The number of H-pyrrole nitrogens is 1. The van der Waals surface area contributed by atoms with Crippen molar-refractivity contribution in [1.82, 2.24) is 10.2 Å². The summed E-state index contributed by atoms with van der Waals surface area (Å²) < 4.78 is 0. The molecule has 0 spiro atoms. The molecule has 1 heterocycles. The number of hydrogen-bond acceptors (Lipinski definition) is 3. The molecule has 5 nitrogen and oxygen atoms in total. The van der Waals surface area contributed by atoms with Gasteiger partial charge in [0, 0.05) is 5.56 Å². The number of benzene rings is 1. The molecule has 0 bridgehead atoms. The first kappa shape index (κ1) is 10.1. The number of nitrogens with two attached hydrogens (primary N) is 1. The molecule has 0 unspecified atom stereocenters. The lowest BCUT2D eigenvalue weighted by Gasteiger charge is -2.01. The maximum absolute atomic E-state index is 11.3. The normalized spacial score (nSPS) is 10.0. The lowest BCUT2D eigenvalue weighted by Crippen LogP contribution is -2.24. The average molecular weight is 214 g/mol. The average Bonchev–Trinajstić information content (AvgIpc) is 2.30. The van der Waals surface area contributed by atoms with Crippen molar-refractivity contribution in [3.63, 3.8) is 0 Å². The van der Waals surface area contributed by atoms with Crippen LogP contribution in [0, 0.1) is 5.41 Å². The first-order valence-electron chi connectivity index (χ1n) is 4.68. The van der Waals surface area contributed by atoms with Crippen molar-refractivity contribution in [3.05, 3.63) is 52.3 Å². The van der Waals surface area contributed by atoms with Crippen LogP contribution in [0.3, 0.4) is 0 Å². The van der Waals surface area contributed by atoms with Crippen molar-refractivity contribution in [2.75, 3.05) is 0 Å². The Bertz CT molecular complexity index is 574. The van der Waals surface area contributed by atoms with Crippen LogP contribution in [0.2, 0.25) is 0 Å². The van der Waals surface area contributed by atoms with Gasteiger partial charge in [-0.2, -0.15) is 5.10 Å². The highest BCUT2D eigenvalue weighted by atomic mass is 16.1. The van der Waals surface area contributed by atoms with Gasteiger partial charge < -0.3 is 5.73 Å². The molecule has 0 aliphatic carbocycles. The summed E-state index contributed by atoms with van der Waals surface area (Å²) in [6.45, 7) is 0. The number of aromatic nitrogens is 2. The SMILES string of the molecule is N=C(N)c1cc(-c2ccccc2)n[nH]c1=O. The summed E-state index contributed by atoms with van der Waals surface area (Å²) in [6.07, 6.45) is 0. The van der Waals surface area contributed by atoms with Gasteiger partial charge in [-0.1, -0.05) is 30.3 Å². The number of nitrogen functional groups attached to an aromatic ring is 1. The minimum absolute atomic E-state index is 0.133. The number of hydrogen-bond donors (Lipinski definition) is 3. The predicted molar refractivity (Wildman–Crippen MR) is 61.3 cm³/mol. The Kier molecular flexibility index (Phi) is 2.51. The van der Waals surface area contributed by atoms with Crippen molar-refractivity contribution < 1.29 is 0 Å². The Morgan fingerprint density at radius 3 is 2.62 bits per heavy atom. The first-order chi connectivity index (χ1) is 7.68. The molecule has 2 aromatic rings. The minimum Gasteiger partial charge on any atom is -0.384 e. The van der Waals surface area contributed by atoms with Crippen LogP contribution < -0.4 is 11.3 Å². The van der Waals surface area contributed by atoms with E-state index in [1.54, 1.807) is 0 Å². The quantitative estimate of drug-likeness (QED) is 0.507. The maximum Gasteiger partial charge on any atom is 0.275 e. The second-order valence-corrected chi connectivity index (χ2v) is 3.28. The summed E-state index contributed by atoms with van der Waals surface area (Å²) in [5, 5.41) is 13.5. The van der Waals surface area contributed by atoms with Gasteiger partial charge in [-0.05, 0) is 6.07 Å². The third-order valence-corrected chi connectivity index (χ3v) is 2.16. The minimum atomic E-state index is -0.452. The summed E-state index contributed by atoms with van der Waals surface area (Å²) >= 11 is 0. The standard InChI is InChI=1S/C11H10N4O/c12-10(13)8-6-9(14-15-11(8)16)7-4-2-1-3-5-7/h1-6H,(H3,12,13)(H,15,16). The second-order valence-electron chi connectivity index (χ2n) is 3.28. The van der Waals surface area contributed by atoms with Gasteiger partial charge in [0.15, 0.2) is 0 Å². The highest BCUT2D eigenvalue weighted by Crippen LogP contribution is 2.14. The molecule has 0 radical (unpaired) electrons. The van der Waals surface area contributed by atoms with E-state index in [1.165, 1.54) is 6.07 Å². The van der Waals surface area contributed by atoms with Gasteiger partial charge in [-0.15, -0.1) is 0 Å². The van der Waals surface area contributed by atoms with Gasteiger partial charge in [0.1, 0.15) is 5.84 Å². The molecule has 0 fully saturated rings. The Labute approximate surface area is 91.4 Å². The third kappa shape index (κ3) is 1.83. The van der Waals surface area contributed by atoms with Gasteiger partial charge in [0.2, 0.25) is 0 Å². The molecule has 4 N–H and O–H groups in total. The van der Waals surface area contributed by atoms with Gasteiger partial charge in [-0.25, -0.2) is 5.10 Å². The zero-order valence-corrected chi connectivity index (χ0v) is 8.40. The molecule has 2 rings (SSSR count). The molecule has 0 amide bonds. The molecule has 0 saturated heterocycles. The molecule has 16 heavy (non-hydrogen) atoms. The summed E-state index contributed by atoms with van der Waals surface area (Å²) in [5.74, 6) is -0.263. The van der Waals surface area contributed by atoms with Crippen molar-refractivity contribution in [1.29, 1.82) is 5.41 Å². The van der Waals surface area contributed by atoms with Gasteiger partial charge in [-0.3, -0.25) is 10.2 Å². The fraction of sp³-hybridized carbons (Fsp3) is 0. The van der Waals surface area contributed by atoms with Crippen LogP contribution in [0.1, 0.15) is 5.56 Å². The Balaban J connectivity index is 2.57. The van der Waals surface area contributed by atoms with Crippen LogP contribution in [-0.2, 0) is 0 Å². The van der Waals surface area contributed by atoms with E-state index in [-0.39, 0.29) is 11.4 Å². The molecule has 80 valence electrons. The number of nitrogens with one attached hydrogen (secondary N) is 2. The third-order valence-electron chi connectivity index (χ3n) is 2.16. The van der Waals surface area contributed by atoms with Gasteiger partial charge >= 0.3 is 0 Å². The smallest absolute Gasteiger partial charge is 0.275 e. The fourth-order valence-corrected chi connectivity index (χ4v) is 1.36. The largest absolute Gasteiger partial charge is 0.384 e. The fourth-order valence-electron chi connectivity index (χ4n) is 1.36. The zero-order chi connectivity index (χ0) is 11.5. The maximum atomic E-state index is 11.3. The van der Waals surface area contributed by atoms with E-state index in [0.29, 0.717) is 5.69 Å². The molecule has 0 atom stereocenters. The monoisotopic (exact) mass is 214 g/mol. The van der Waals surface area contributed by atoms with E-state index >= 15 is 0 Å². The van der Waals surface area contributed by atoms with Gasteiger partial charge in [0.25, 0.3) is 5.56 Å². The topological polar surface area (TPSA) is 95.6 Å². The van der Waals surface area contributed by atoms with Crippen molar-refractivity contribution >= 4 is 5.84 Å². The highest BCUT2D eigenvalue weighted by Gasteiger charge is 2.06. The molecule has 1 aromatic carbocycles. The zero-order valence-electron chi connectivity index (χ0n) is 8.40. The summed E-state index contributed by atoms with van der Waals surface area (Å²) in [7, 11) is 0. The Hall–Kier alpha value is -2.43. The predicted octanol–water partition coefficient (Wildman–Crippen LogP) is 0.721. The molecule has 0 aliphatic rings. The molecule has 0 saturated carbocycles. The summed E-state index contributed by atoms with van der Waals surface area (Å²) in [4.78, 5) is 11.3. The first-order valence-corrected chi connectivity index (χ1v) is 4.68. The second kappa shape index (κ2) is 3.98. The van der Waals surface area contributed by atoms with E-state index in [4.69, 9.17) is 11.1 Å². The highest BCUT2D eigenvalue weighted by molar-refractivity contribution is 5.95. The molecule has 5 heteroatoms. The van der Waals surface area contributed by atoms with Gasteiger partial charge in [0.05, 0.1) is 11.3 Å². The van der Waals surface area contributed by atoms with E-state index in [2.05, 4.69) is 10.2 Å². The number of amidine groups is 1. The van der Waals surface area contributed by atoms with Crippen molar-refractivity contribution in [3.8, 4) is 11.3 Å². The van der Waals surface area contributed by atoms with E-state index < -0.39 is 5.56 Å². The summed E-state index contributed by atoms with van der Waals surface area (Å²) in [5.41, 5.74) is 6.43. The number of aromatic amines is 1. The van der Waals surface area contributed by atoms with Crippen LogP contribution in [0.4, 0.5) is 0 Å². The van der Waals surface area contributed by atoms with Crippen molar-refractivity contribution in [2.45, 2.75) is 0 Å². The molecule has 1 aromatic heterocycles. The van der Waals surface area contributed by atoms with Crippen LogP contribution in [0.5, 0.6) is 0 Å². The number of nitrogens with zero attached hydrogens (tertiary/aromatic N) is 1. The number of rotatable bonds is 2.